The third-order valence-electron chi connectivity index (χ3n) is 16.4. The highest BCUT2D eigenvalue weighted by molar-refractivity contribution is 4.95. The first-order valence-electron chi connectivity index (χ1n) is 36.3. The van der Waals surface area contributed by atoms with Gasteiger partial charge in [0.2, 0.25) is 0 Å². The summed E-state index contributed by atoms with van der Waals surface area (Å²) in [5.41, 5.74) is 0. The van der Waals surface area contributed by atoms with Gasteiger partial charge in [-0.25, -0.2) is 0 Å². The van der Waals surface area contributed by atoms with Crippen LogP contribution in [-0.2, 0) is 0 Å². The van der Waals surface area contributed by atoms with E-state index >= 15 is 0 Å². The van der Waals surface area contributed by atoms with Gasteiger partial charge in [-0.15, -0.1) is 0 Å². The summed E-state index contributed by atoms with van der Waals surface area (Å²) in [6.07, 6.45) is 86.0. The molecule has 7 nitrogen and oxygen atoms in total. The van der Waals surface area contributed by atoms with E-state index in [1.54, 1.807) is 0 Å². The molecule has 0 heterocycles. The lowest BCUT2D eigenvalue weighted by Gasteiger charge is -2.31. The molecular formula is C77H143N3O4. The second-order valence-electron chi connectivity index (χ2n) is 25.1. The van der Waals surface area contributed by atoms with Gasteiger partial charge in [-0.2, -0.15) is 0 Å². The van der Waals surface area contributed by atoms with Crippen molar-refractivity contribution >= 4 is 0 Å². The molecule has 0 aromatic rings. The quantitative estimate of drug-likeness (QED) is 0.0356. The van der Waals surface area contributed by atoms with Crippen LogP contribution >= 0.6 is 0 Å². The maximum atomic E-state index is 11.4. The van der Waals surface area contributed by atoms with Gasteiger partial charge in [-0.1, -0.05) is 279 Å². The zero-order valence-corrected chi connectivity index (χ0v) is 56.4. The van der Waals surface area contributed by atoms with Crippen LogP contribution in [-0.4, -0.2) is 119 Å². The molecule has 0 aliphatic rings. The number of aliphatic hydroxyl groups excluding tert-OH is 4. The number of nitrogens with zero attached hydrogens (tertiary/aromatic N) is 3. The molecule has 0 aromatic carbocycles. The van der Waals surface area contributed by atoms with Crippen LogP contribution in [0.15, 0.2) is 97.2 Å². The van der Waals surface area contributed by atoms with Crippen molar-refractivity contribution in [2.45, 2.75) is 335 Å². The summed E-state index contributed by atoms with van der Waals surface area (Å²) in [5, 5.41) is 45.5. The van der Waals surface area contributed by atoms with E-state index in [1.165, 1.54) is 154 Å². The van der Waals surface area contributed by atoms with Gasteiger partial charge in [0.05, 0.1) is 24.4 Å². The Bertz CT molecular complexity index is 1340. The topological polar surface area (TPSA) is 90.6 Å². The molecule has 0 aromatic heterocycles. The number of hydrogen-bond donors (Lipinski definition) is 4. The van der Waals surface area contributed by atoms with Crippen LogP contribution < -0.4 is 0 Å². The van der Waals surface area contributed by atoms with E-state index in [4.69, 9.17) is 0 Å². The average Bonchev–Trinajstić information content (AvgIpc) is 3.48. The fourth-order valence-electron chi connectivity index (χ4n) is 10.8. The monoisotopic (exact) mass is 1170 g/mol. The van der Waals surface area contributed by atoms with Gasteiger partial charge >= 0.3 is 0 Å². The minimum Gasteiger partial charge on any atom is -0.392 e. The van der Waals surface area contributed by atoms with E-state index in [0.29, 0.717) is 26.2 Å². The molecule has 490 valence electrons. The van der Waals surface area contributed by atoms with Crippen molar-refractivity contribution in [3.8, 4) is 0 Å². The van der Waals surface area contributed by atoms with Gasteiger partial charge in [-0.05, 0) is 135 Å². The lowest BCUT2D eigenvalue weighted by Crippen LogP contribution is -2.44. The van der Waals surface area contributed by atoms with Crippen LogP contribution in [0, 0.1) is 0 Å². The van der Waals surface area contributed by atoms with Crippen molar-refractivity contribution < 1.29 is 20.4 Å². The van der Waals surface area contributed by atoms with E-state index < -0.39 is 24.4 Å². The Morgan fingerprint density at radius 3 is 0.643 bits per heavy atom. The Labute approximate surface area is 523 Å². The first kappa shape index (κ1) is 81.6. The molecule has 0 saturated heterocycles. The minimum absolute atomic E-state index is 0.398. The molecule has 4 unspecified atom stereocenters. The van der Waals surface area contributed by atoms with E-state index in [0.717, 1.165) is 155 Å². The Morgan fingerprint density at radius 2 is 0.429 bits per heavy atom. The summed E-state index contributed by atoms with van der Waals surface area (Å²) in [6, 6.07) is 0. The molecule has 0 amide bonds. The molecule has 84 heavy (non-hydrogen) atoms. The lowest BCUT2D eigenvalue weighted by atomic mass is 10.0. The normalized spacial score (nSPS) is 14.3. The third-order valence-corrected chi connectivity index (χ3v) is 16.4. The van der Waals surface area contributed by atoms with Crippen LogP contribution in [0.25, 0.3) is 0 Å². The van der Waals surface area contributed by atoms with Crippen LogP contribution in [0.3, 0.4) is 0 Å². The van der Waals surface area contributed by atoms with Crippen molar-refractivity contribution in [2.24, 2.45) is 0 Å². The SMILES string of the molecule is CCCC/C=C\C/C=C\CCCCCCCC(O)CN(CCN(C)CCN(CC(O)CCCCCCC/C=C\C/C=C\CCCC)CC(O)CCCCCCC/C=C\C/C=C\CCCC)CC(O)CCCCCCC/C=C\C/C=C\CCCC. The highest BCUT2D eigenvalue weighted by atomic mass is 16.3. The van der Waals surface area contributed by atoms with Crippen molar-refractivity contribution in [3.63, 3.8) is 0 Å². The summed E-state index contributed by atoms with van der Waals surface area (Å²) >= 11 is 0. The largest absolute Gasteiger partial charge is 0.392 e. The second-order valence-corrected chi connectivity index (χ2v) is 25.1. The van der Waals surface area contributed by atoms with Crippen molar-refractivity contribution in [2.75, 3.05) is 59.4 Å². The third kappa shape index (κ3) is 64.1. The summed E-state index contributed by atoms with van der Waals surface area (Å²) in [5.74, 6) is 0. The maximum absolute atomic E-state index is 11.4. The predicted octanol–water partition coefficient (Wildman–Crippen LogP) is 20.7. The zero-order valence-electron chi connectivity index (χ0n) is 56.4. The van der Waals surface area contributed by atoms with Crippen molar-refractivity contribution in [1.82, 2.24) is 14.7 Å². The molecule has 0 radical (unpaired) electrons. The first-order valence-corrected chi connectivity index (χ1v) is 36.3. The van der Waals surface area contributed by atoms with E-state index in [1.807, 2.05) is 0 Å². The van der Waals surface area contributed by atoms with Gasteiger partial charge in [0.1, 0.15) is 0 Å². The van der Waals surface area contributed by atoms with Crippen LogP contribution in [0.4, 0.5) is 0 Å². The van der Waals surface area contributed by atoms with Gasteiger partial charge in [0, 0.05) is 52.4 Å². The lowest BCUT2D eigenvalue weighted by molar-refractivity contribution is 0.0492. The summed E-state index contributed by atoms with van der Waals surface area (Å²) in [6.45, 7) is 14.6. The number of likely N-dealkylation sites (N-methyl/N-ethyl adjacent to an activating group) is 1. The Balaban J connectivity index is 5.35. The number of allylic oxidation sites excluding steroid dienone is 16. The molecule has 0 fully saturated rings. The molecule has 0 bridgehead atoms. The van der Waals surface area contributed by atoms with Crippen LogP contribution in [0.1, 0.15) is 310 Å². The van der Waals surface area contributed by atoms with Crippen LogP contribution in [0.2, 0.25) is 0 Å². The number of hydrogen-bond acceptors (Lipinski definition) is 7. The standard InChI is InChI=1S/C77H143N3O4/c1-6-10-14-18-22-26-30-34-38-42-46-50-54-58-62-74(81)70-79(71-75(82)63-59-55-51-47-43-39-35-31-27-23-19-15-11-7-2)68-66-78(5)67-69-80(72-76(83)64-60-56-52-48-44-40-36-32-28-24-20-16-12-8-3)73-77(84)65-61-57-53-49-45-41-37-33-29-25-21-17-13-9-4/h18-25,30-37,74-77,81-84H,6-17,26-29,38-73H2,1-5H3/b22-18-,23-19-,24-20-,25-21-,34-30-,35-31-,36-32-,37-33-. The molecular weight excluding hydrogens is 1030 g/mol. The fraction of sp³-hybridized carbons (Fsp3) is 0.792. The average molecular weight is 1180 g/mol. The van der Waals surface area contributed by atoms with Gasteiger partial charge < -0.3 is 25.3 Å². The minimum atomic E-state index is -0.398. The molecule has 0 rings (SSSR count). The molecule has 4 atom stereocenters. The Hall–Kier alpha value is -2.36. The maximum Gasteiger partial charge on any atom is 0.0667 e. The second kappa shape index (κ2) is 68.1. The molecule has 0 saturated carbocycles. The number of rotatable bonds is 66. The Kier molecular flexibility index (Phi) is 66.2. The zero-order chi connectivity index (χ0) is 61.1. The molecule has 4 N–H and O–H groups in total. The summed E-state index contributed by atoms with van der Waals surface area (Å²) in [4.78, 5) is 7.02. The van der Waals surface area contributed by atoms with Crippen molar-refractivity contribution in [3.05, 3.63) is 97.2 Å². The molecule has 0 spiro atoms. The van der Waals surface area contributed by atoms with Gasteiger partial charge in [0.25, 0.3) is 0 Å². The Morgan fingerprint density at radius 1 is 0.238 bits per heavy atom. The smallest absolute Gasteiger partial charge is 0.0667 e. The van der Waals surface area contributed by atoms with Crippen molar-refractivity contribution in [1.29, 1.82) is 0 Å². The van der Waals surface area contributed by atoms with E-state index in [-0.39, 0.29) is 0 Å². The molecule has 7 heteroatoms. The molecule has 0 aliphatic carbocycles. The van der Waals surface area contributed by atoms with E-state index in [9.17, 15) is 20.4 Å². The first-order chi connectivity index (χ1) is 41.2. The predicted molar refractivity (Wildman–Crippen MR) is 373 cm³/mol. The summed E-state index contributed by atoms with van der Waals surface area (Å²) in [7, 11) is 2.18. The highest BCUT2D eigenvalue weighted by Gasteiger charge is 2.19. The van der Waals surface area contributed by atoms with Gasteiger partial charge in [-0.3, -0.25) is 9.80 Å². The summed E-state index contributed by atoms with van der Waals surface area (Å²) < 4.78 is 0. The van der Waals surface area contributed by atoms with Crippen LogP contribution in [0.5, 0.6) is 0 Å². The number of unbranched alkanes of at least 4 members (excludes halogenated alkanes) is 28. The van der Waals surface area contributed by atoms with E-state index in [2.05, 4.69) is 147 Å². The number of aliphatic hydroxyl groups is 4. The molecule has 0 aliphatic heterocycles. The van der Waals surface area contributed by atoms with Gasteiger partial charge in [0.15, 0.2) is 0 Å². The fourth-order valence-corrected chi connectivity index (χ4v) is 10.8. The highest BCUT2D eigenvalue weighted by Crippen LogP contribution is 2.16.